The number of carbonyl (C=O) groups excluding carboxylic acids is 1. The fourth-order valence-corrected chi connectivity index (χ4v) is 3.08. The molecule has 0 radical (unpaired) electrons. The largest absolute Gasteiger partial charge is 0.479 e. The number of carbonyl (C=O) groups is 2. The molecule has 2 N–H and O–H groups in total. The summed E-state index contributed by atoms with van der Waals surface area (Å²) in [5.41, 5.74) is 0. The van der Waals surface area contributed by atoms with Crippen LogP contribution in [0.1, 0.15) is 32.1 Å². The van der Waals surface area contributed by atoms with Crippen molar-refractivity contribution in [1.82, 2.24) is 5.32 Å². The number of aliphatic carboxylic acids is 1. The summed E-state index contributed by atoms with van der Waals surface area (Å²) >= 11 is 0. The molecule has 0 spiro atoms. The average molecular weight is 255 g/mol. The molecule has 2 bridgehead atoms. The van der Waals surface area contributed by atoms with Gasteiger partial charge in [-0.3, -0.25) is 4.79 Å². The molecule has 1 amide bonds. The van der Waals surface area contributed by atoms with Crippen molar-refractivity contribution in [3.8, 4) is 0 Å². The highest BCUT2D eigenvalue weighted by atomic mass is 16.5. The van der Waals surface area contributed by atoms with Gasteiger partial charge in [0.1, 0.15) is 6.10 Å². The van der Waals surface area contributed by atoms with Crippen LogP contribution in [0.3, 0.4) is 0 Å². The molecule has 0 saturated carbocycles. The first-order valence-corrected chi connectivity index (χ1v) is 6.47. The monoisotopic (exact) mass is 255 g/mol. The highest BCUT2D eigenvalue weighted by Crippen LogP contribution is 2.34. The maximum Gasteiger partial charge on any atom is 0.332 e. The Morgan fingerprint density at radius 1 is 1.06 bits per heavy atom. The molecule has 0 aromatic carbocycles. The van der Waals surface area contributed by atoms with Crippen LogP contribution in [-0.4, -0.2) is 47.4 Å². The van der Waals surface area contributed by atoms with Crippen LogP contribution in [-0.2, 0) is 19.1 Å². The van der Waals surface area contributed by atoms with Gasteiger partial charge in [0.25, 0.3) is 0 Å². The number of ether oxygens (including phenoxy) is 2. The lowest BCUT2D eigenvalue weighted by molar-refractivity contribution is -0.152. The van der Waals surface area contributed by atoms with Gasteiger partial charge in [-0.1, -0.05) is 0 Å². The zero-order chi connectivity index (χ0) is 12.7. The van der Waals surface area contributed by atoms with Gasteiger partial charge in [0.05, 0.1) is 18.2 Å². The number of carboxylic acids is 1. The topological polar surface area (TPSA) is 84.9 Å². The van der Waals surface area contributed by atoms with Gasteiger partial charge in [-0.2, -0.15) is 0 Å². The van der Waals surface area contributed by atoms with Crippen molar-refractivity contribution in [1.29, 1.82) is 0 Å². The summed E-state index contributed by atoms with van der Waals surface area (Å²) in [6, 6.07) is 0.0729. The van der Waals surface area contributed by atoms with Crippen LogP contribution in [0.2, 0.25) is 0 Å². The lowest BCUT2D eigenvalue weighted by Gasteiger charge is -2.21. The van der Waals surface area contributed by atoms with E-state index in [1.165, 1.54) is 0 Å². The van der Waals surface area contributed by atoms with Gasteiger partial charge >= 0.3 is 5.97 Å². The van der Waals surface area contributed by atoms with E-state index in [-0.39, 0.29) is 24.2 Å². The van der Waals surface area contributed by atoms with Crippen molar-refractivity contribution < 1.29 is 24.2 Å². The molecule has 3 heterocycles. The van der Waals surface area contributed by atoms with Crippen LogP contribution >= 0.6 is 0 Å². The van der Waals surface area contributed by atoms with Gasteiger partial charge < -0.3 is 19.9 Å². The maximum absolute atomic E-state index is 12.0. The summed E-state index contributed by atoms with van der Waals surface area (Å²) in [5, 5.41) is 11.7. The highest BCUT2D eigenvalue weighted by molar-refractivity contribution is 5.83. The molecule has 0 aliphatic carbocycles. The lowest BCUT2D eigenvalue weighted by atomic mass is 9.95. The summed E-state index contributed by atoms with van der Waals surface area (Å²) in [6.45, 7) is 0. The Hall–Kier alpha value is -1.14. The van der Waals surface area contributed by atoms with E-state index in [0.717, 1.165) is 19.3 Å². The molecule has 3 rings (SSSR count). The molecule has 3 saturated heterocycles. The zero-order valence-corrected chi connectivity index (χ0v) is 10.0. The number of hydrogen-bond acceptors (Lipinski definition) is 4. The van der Waals surface area contributed by atoms with Crippen LogP contribution in [0.15, 0.2) is 0 Å². The number of hydrogen-bond donors (Lipinski definition) is 2. The van der Waals surface area contributed by atoms with E-state index in [9.17, 15) is 9.59 Å². The molecule has 3 aliphatic rings. The molecule has 0 aromatic heterocycles. The third kappa shape index (κ3) is 2.10. The quantitative estimate of drug-likeness (QED) is 0.744. The molecular weight excluding hydrogens is 238 g/mol. The van der Waals surface area contributed by atoms with E-state index in [1.807, 2.05) is 0 Å². The standard InChI is InChI=1S/C12H17NO5/c14-11(9-3-4-10(18-9)12(15)16)13-7-5-6-1-2-8(7)17-6/h6-10H,1-5H2,(H,13,14)(H,15,16)/t6?,7?,8?,9-,10+/m0/s1. The Balaban J connectivity index is 1.52. The van der Waals surface area contributed by atoms with Gasteiger partial charge in [-0.15, -0.1) is 0 Å². The lowest BCUT2D eigenvalue weighted by Crippen LogP contribution is -2.46. The summed E-state index contributed by atoms with van der Waals surface area (Å²) in [4.78, 5) is 22.7. The van der Waals surface area contributed by atoms with Gasteiger partial charge in [-0.25, -0.2) is 4.79 Å². The van der Waals surface area contributed by atoms with E-state index in [0.29, 0.717) is 12.8 Å². The minimum atomic E-state index is -0.992. The second-order valence-electron chi connectivity index (χ2n) is 5.25. The molecule has 6 heteroatoms. The Kier molecular flexibility index (Phi) is 2.99. The fraction of sp³-hybridized carbons (Fsp3) is 0.833. The normalized spacial score (nSPS) is 42.1. The molecule has 6 nitrogen and oxygen atoms in total. The number of nitrogens with one attached hydrogen (secondary N) is 1. The predicted molar refractivity (Wildman–Crippen MR) is 60.0 cm³/mol. The molecule has 3 fully saturated rings. The predicted octanol–water partition coefficient (Wildman–Crippen LogP) is 0.0547. The first-order valence-electron chi connectivity index (χ1n) is 6.47. The Morgan fingerprint density at radius 2 is 1.83 bits per heavy atom. The van der Waals surface area contributed by atoms with Crippen LogP contribution in [0.4, 0.5) is 0 Å². The first-order chi connectivity index (χ1) is 8.63. The summed E-state index contributed by atoms with van der Waals surface area (Å²) in [7, 11) is 0. The molecule has 3 aliphatic heterocycles. The van der Waals surface area contributed by atoms with E-state index in [2.05, 4.69) is 5.32 Å². The third-order valence-corrected chi connectivity index (χ3v) is 4.02. The minimum absolute atomic E-state index is 0.0729. The first kappa shape index (κ1) is 11.9. The molecule has 100 valence electrons. The maximum atomic E-state index is 12.0. The van der Waals surface area contributed by atoms with E-state index < -0.39 is 18.2 Å². The van der Waals surface area contributed by atoms with Gasteiger partial charge in [0.2, 0.25) is 5.91 Å². The van der Waals surface area contributed by atoms with Gasteiger partial charge in [0, 0.05) is 0 Å². The van der Waals surface area contributed by atoms with Crippen LogP contribution in [0, 0.1) is 0 Å². The molecular formula is C12H17NO5. The van der Waals surface area contributed by atoms with Gasteiger partial charge in [-0.05, 0) is 32.1 Å². The number of fused-ring (bicyclic) bond motifs is 2. The molecule has 18 heavy (non-hydrogen) atoms. The summed E-state index contributed by atoms with van der Waals surface area (Å²) in [6.07, 6.45) is 2.79. The van der Waals surface area contributed by atoms with E-state index >= 15 is 0 Å². The second-order valence-corrected chi connectivity index (χ2v) is 5.25. The molecule has 0 aromatic rings. The number of rotatable bonds is 3. The van der Waals surface area contributed by atoms with Crippen molar-refractivity contribution in [2.24, 2.45) is 0 Å². The van der Waals surface area contributed by atoms with Gasteiger partial charge in [0.15, 0.2) is 6.10 Å². The van der Waals surface area contributed by atoms with Crippen LogP contribution in [0.5, 0.6) is 0 Å². The SMILES string of the molecule is O=C(NC1CC2CCC1O2)[C@@H]1CC[C@H](C(=O)O)O1. The summed E-state index contributed by atoms with van der Waals surface area (Å²) < 4.78 is 10.9. The summed E-state index contributed by atoms with van der Waals surface area (Å²) in [5.74, 6) is -1.19. The number of carboxylic acid groups (broad SMARTS) is 1. The average Bonchev–Trinajstić information content (AvgIpc) is 3.04. The molecule has 3 unspecified atom stereocenters. The number of amides is 1. The smallest absolute Gasteiger partial charge is 0.332 e. The minimum Gasteiger partial charge on any atom is -0.479 e. The van der Waals surface area contributed by atoms with E-state index in [4.69, 9.17) is 14.6 Å². The Morgan fingerprint density at radius 3 is 2.39 bits per heavy atom. The van der Waals surface area contributed by atoms with Crippen molar-refractivity contribution in [2.75, 3.05) is 0 Å². The Labute approximate surface area is 105 Å². The van der Waals surface area contributed by atoms with Crippen LogP contribution in [0.25, 0.3) is 0 Å². The Bertz CT molecular complexity index is 371. The molecule has 5 atom stereocenters. The van der Waals surface area contributed by atoms with Crippen LogP contribution < -0.4 is 5.32 Å². The van der Waals surface area contributed by atoms with Crippen molar-refractivity contribution in [3.63, 3.8) is 0 Å². The van der Waals surface area contributed by atoms with Crippen molar-refractivity contribution in [3.05, 3.63) is 0 Å². The second kappa shape index (κ2) is 4.51. The zero-order valence-electron chi connectivity index (χ0n) is 10.0. The highest BCUT2D eigenvalue weighted by Gasteiger charge is 2.43. The third-order valence-electron chi connectivity index (χ3n) is 4.02. The fourth-order valence-electron chi connectivity index (χ4n) is 3.08. The van der Waals surface area contributed by atoms with Crippen molar-refractivity contribution >= 4 is 11.9 Å². The van der Waals surface area contributed by atoms with Crippen molar-refractivity contribution in [2.45, 2.75) is 62.6 Å². The van der Waals surface area contributed by atoms with E-state index in [1.54, 1.807) is 0 Å².